The van der Waals surface area contributed by atoms with Crippen molar-refractivity contribution in [3.05, 3.63) is 80.9 Å². The van der Waals surface area contributed by atoms with E-state index in [9.17, 15) is 4.79 Å². The van der Waals surface area contributed by atoms with Crippen LogP contribution in [-0.4, -0.2) is 20.7 Å². The Labute approximate surface area is 194 Å². The van der Waals surface area contributed by atoms with E-state index >= 15 is 0 Å². The Hall–Kier alpha value is -2.94. The zero-order chi connectivity index (χ0) is 21.7. The predicted molar refractivity (Wildman–Crippen MR) is 131 cm³/mol. The lowest BCUT2D eigenvalue weighted by atomic mass is 9.83. The van der Waals surface area contributed by atoms with Crippen LogP contribution in [0.15, 0.2) is 71.6 Å². The molecule has 1 atom stereocenters. The lowest BCUT2D eigenvalue weighted by Crippen LogP contribution is -2.40. The van der Waals surface area contributed by atoms with Gasteiger partial charge >= 0.3 is 0 Å². The van der Waals surface area contributed by atoms with Crippen LogP contribution in [0.3, 0.4) is 0 Å². The molecule has 7 heteroatoms. The van der Waals surface area contributed by atoms with Crippen LogP contribution in [0.1, 0.15) is 18.9 Å². The highest BCUT2D eigenvalue weighted by Gasteiger charge is 2.35. The van der Waals surface area contributed by atoms with Crippen molar-refractivity contribution in [3.63, 3.8) is 0 Å². The van der Waals surface area contributed by atoms with Crippen molar-refractivity contribution in [2.24, 2.45) is 5.92 Å². The molecule has 2 N–H and O–H groups in total. The summed E-state index contributed by atoms with van der Waals surface area (Å²) in [6, 6.07) is 9.92. The van der Waals surface area contributed by atoms with Crippen molar-refractivity contribution in [2.75, 3.05) is 10.6 Å². The number of rotatable bonds is 3. The number of aromatic nitrogens is 3. The predicted octanol–water partition coefficient (Wildman–Crippen LogP) is 4.75. The monoisotopic (exact) mass is 523 g/mol. The number of nitrogens with zero attached hydrogens (tertiary/aromatic N) is 4. The van der Waals surface area contributed by atoms with Crippen molar-refractivity contribution in [3.8, 4) is 0 Å². The Kier molecular flexibility index (Phi) is 4.92. The summed E-state index contributed by atoms with van der Waals surface area (Å²) in [5.41, 5.74) is 11.8. The van der Waals surface area contributed by atoms with Gasteiger partial charge < -0.3 is 5.73 Å². The first-order valence-corrected chi connectivity index (χ1v) is 11.3. The molecule has 0 saturated carbocycles. The van der Waals surface area contributed by atoms with E-state index < -0.39 is 0 Å². The van der Waals surface area contributed by atoms with Gasteiger partial charge in [-0.3, -0.25) is 14.4 Å². The maximum Gasteiger partial charge on any atom is 0.259 e. The number of anilines is 2. The molecule has 2 aliphatic rings. The molecule has 1 aromatic carbocycles. The number of allylic oxidation sites excluding steroid dienone is 5. The van der Waals surface area contributed by atoms with Crippen LogP contribution < -0.4 is 10.6 Å². The third-order valence-corrected chi connectivity index (χ3v) is 6.74. The average molecular weight is 523 g/mol. The standard InChI is InChI=1S/C24H22IN5O/c1-14-6-3-4-9-18(14)30-17(12-16-8-5-7-15(2)20(16)24(30)31)13-29-19-10-11-27-23(26)21(19)22(25)28-29/h3-7,9-12,16H,8,13H2,1-2H3,(H2,26,27). The zero-order valence-corrected chi connectivity index (χ0v) is 19.5. The fraction of sp³-hybridized carbons (Fsp3) is 0.208. The number of hydrogen-bond donors (Lipinski definition) is 1. The fourth-order valence-electron chi connectivity index (χ4n) is 4.51. The molecule has 1 amide bonds. The highest BCUT2D eigenvalue weighted by atomic mass is 127. The number of hydrogen-bond acceptors (Lipinski definition) is 4. The van der Waals surface area contributed by atoms with Gasteiger partial charge in [0.15, 0.2) is 0 Å². The molecule has 1 unspecified atom stereocenters. The number of pyridine rings is 1. The first kappa shape index (κ1) is 20.0. The number of benzene rings is 1. The number of para-hydroxylation sites is 1. The van der Waals surface area contributed by atoms with Crippen molar-refractivity contribution < 1.29 is 4.79 Å². The van der Waals surface area contributed by atoms with E-state index in [0.29, 0.717) is 12.4 Å². The Bertz CT molecular complexity index is 1320. The first-order chi connectivity index (χ1) is 15.0. The van der Waals surface area contributed by atoms with Gasteiger partial charge in [0.2, 0.25) is 0 Å². The average Bonchev–Trinajstić information content (AvgIpc) is 3.05. The maximum atomic E-state index is 13.8. The molecule has 6 nitrogen and oxygen atoms in total. The van der Waals surface area contributed by atoms with Crippen LogP contribution in [0.5, 0.6) is 0 Å². The molecule has 1 aliphatic heterocycles. The molecule has 0 radical (unpaired) electrons. The van der Waals surface area contributed by atoms with E-state index in [2.05, 4.69) is 45.8 Å². The number of nitrogens with two attached hydrogens (primary N) is 1. The highest BCUT2D eigenvalue weighted by Crippen LogP contribution is 2.38. The van der Waals surface area contributed by atoms with E-state index in [4.69, 9.17) is 10.8 Å². The molecule has 3 heterocycles. The third kappa shape index (κ3) is 3.27. The highest BCUT2D eigenvalue weighted by molar-refractivity contribution is 14.1. The van der Waals surface area contributed by atoms with E-state index in [1.54, 1.807) is 6.20 Å². The second-order valence-corrected chi connectivity index (χ2v) is 8.99. The Morgan fingerprint density at radius 2 is 2.03 bits per heavy atom. The first-order valence-electron chi connectivity index (χ1n) is 10.2. The van der Waals surface area contributed by atoms with Crippen LogP contribution in [0.2, 0.25) is 0 Å². The summed E-state index contributed by atoms with van der Waals surface area (Å²) >= 11 is 2.19. The molecule has 0 bridgehead atoms. The molecule has 1 aliphatic carbocycles. The van der Waals surface area contributed by atoms with Gasteiger partial charge in [0.05, 0.1) is 23.1 Å². The number of carbonyl (C=O) groups excluding carboxylic acids is 1. The number of aryl methyl sites for hydroxylation is 1. The number of amides is 1. The summed E-state index contributed by atoms with van der Waals surface area (Å²) in [5.74, 6) is 0.599. The van der Waals surface area contributed by atoms with E-state index in [1.165, 1.54) is 0 Å². The zero-order valence-electron chi connectivity index (χ0n) is 17.3. The second-order valence-electron chi connectivity index (χ2n) is 7.97. The minimum absolute atomic E-state index is 0.0472. The Morgan fingerprint density at radius 1 is 1.23 bits per heavy atom. The van der Waals surface area contributed by atoms with Gasteiger partial charge in [-0.2, -0.15) is 5.10 Å². The fourth-order valence-corrected chi connectivity index (χ4v) is 5.32. The summed E-state index contributed by atoms with van der Waals surface area (Å²) in [6.45, 7) is 4.52. The van der Waals surface area contributed by atoms with E-state index in [1.807, 2.05) is 53.8 Å². The summed E-state index contributed by atoms with van der Waals surface area (Å²) in [4.78, 5) is 19.8. The number of fused-ring (bicyclic) bond motifs is 2. The van der Waals surface area contributed by atoms with Crippen molar-refractivity contribution >= 4 is 50.9 Å². The quantitative estimate of drug-likeness (QED) is 0.503. The molecule has 3 aromatic rings. The number of halogens is 1. The van der Waals surface area contributed by atoms with Gasteiger partial charge in [0, 0.05) is 23.4 Å². The van der Waals surface area contributed by atoms with Crippen LogP contribution in [0.25, 0.3) is 10.9 Å². The minimum Gasteiger partial charge on any atom is -0.383 e. The lowest BCUT2D eigenvalue weighted by Gasteiger charge is -2.36. The largest absolute Gasteiger partial charge is 0.383 e. The normalized spacial score (nSPS) is 18.5. The molecule has 31 heavy (non-hydrogen) atoms. The summed E-state index contributed by atoms with van der Waals surface area (Å²) in [5, 5.41) is 5.57. The van der Waals surface area contributed by atoms with Gasteiger partial charge in [-0.25, -0.2) is 4.98 Å². The van der Waals surface area contributed by atoms with Crippen molar-refractivity contribution in [2.45, 2.75) is 26.8 Å². The molecule has 156 valence electrons. The Morgan fingerprint density at radius 3 is 2.84 bits per heavy atom. The van der Waals surface area contributed by atoms with Gasteiger partial charge in [0.1, 0.15) is 9.52 Å². The van der Waals surface area contributed by atoms with E-state index in [-0.39, 0.29) is 11.8 Å². The summed E-state index contributed by atoms with van der Waals surface area (Å²) in [6.07, 6.45) is 8.95. The van der Waals surface area contributed by atoms with Gasteiger partial charge in [0.25, 0.3) is 5.91 Å². The second kappa shape index (κ2) is 7.64. The number of carbonyl (C=O) groups is 1. The molecular formula is C24H22IN5O. The van der Waals surface area contributed by atoms with Crippen LogP contribution in [0, 0.1) is 16.5 Å². The van der Waals surface area contributed by atoms with Crippen LogP contribution >= 0.6 is 22.6 Å². The molecule has 5 rings (SSSR count). The third-order valence-electron chi connectivity index (χ3n) is 5.99. The van der Waals surface area contributed by atoms with Gasteiger partial charge in [-0.1, -0.05) is 36.4 Å². The summed E-state index contributed by atoms with van der Waals surface area (Å²) in [7, 11) is 0. The van der Waals surface area contributed by atoms with Crippen LogP contribution in [-0.2, 0) is 11.3 Å². The number of nitrogen functional groups attached to an aromatic ring is 1. The lowest BCUT2D eigenvalue weighted by molar-refractivity contribution is -0.115. The smallest absolute Gasteiger partial charge is 0.259 e. The molecule has 0 saturated heterocycles. The molecule has 0 fully saturated rings. The van der Waals surface area contributed by atoms with Crippen LogP contribution in [0.4, 0.5) is 11.5 Å². The van der Waals surface area contributed by atoms with Gasteiger partial charge in [-0.15, -0.1) is 0 Å². The SMILES string of the molecule is CC1=C2C(=O)N(c3ccccc3C)C(Cn3nc(I)c4c(N)nccc43)=CC2CC=C1. The minimum atomic E-state index is 0.0472. The molecular weight excluding hydrogens is 501 g/mol. The van der Waals surface area contributed by atoms with E-state index in [0.717, 1.165) is 49.1 Å². The maximum absolute atomic E-state index is 13.8. The van der Waals surface area contributed by atoms with Crippen molar-refractivity contribution in [1.29, 1.82) is 0 Å². The topological polar surface area (TPSA) is 77.0 Å². The van der Waals surface area contributed by atoms with Crippen molar-refractivity contribution in [1.82, 2.24) is 14.8 Å². The summed E-state index contributed by atoms with van der Waals surface area (Å²) < 4.78 is 2.72. The Balaban J connectivity index is 1.67. The molecule has 2 aromatic heterocycles. The molecule has 0 spiro atoms. The van der Waals surface area contributed by atoms with Gasteiger partial charge in [-0.05, 0) is 66.1 Å².